The number of methoxy groups -OCH3 is 2. The van der Waals surface area contributed by atoms with E-state index in [4.69, 9.17) is 29.9 Å². The van der Waals surface area contributed by atoms with Crippen molar-refractivity contribution >= 4 is 50.0 Å². The highest BCUT2D eigenvalue weighted by Crippen LogP contribution is 2.37. The van der Waals surface area contributed by atoms with Crippen LogP contribution in [0.25, 0.3) is 32.9 Å². The summed E-state index contributed by atoms with van der Waals surface area (Å²) in [4.78, 5) is 13.2. The lowest BCUT2D eigenvalue weighted by Crippen LogP contribution is -2.33. The van der Waals surface area contributed by atoms with Crippen LogP contribution in [-0.2, 0) is 14.3 Å². The van der Waals surface area contributed by atoms with Crippen molar-refractivity contribution in [3.05, 3.63) is 42.9 Å². The van der Waals surface area contributed by atoms with Gasteiger partial charge in [0.05, 0.1) is 50.5 Å². The van der Waals surface area contributed by atoms with Gasteiger partial charge in [-0.25, -0.2) is 4.98 Å². The standard InChI is InChI=1S/C23H25N5O6S.ClH/c1-31-21-6-17-16-5-19(28-23(25)18(16)10-27-20(17)7-22(21)32-2)13-4-15(9-26-8-13)33-11-14(24)12-34-35(3,29)30;/h4-10,14H,11-12,24H2,1-3H3,(H2,25,28);1H/t14-;/m1./s1. The van der Waals surface area contributed by atoms with Crippen LogP contribution in [0.15, 0.2) is 42.9 Å². The highest BCUT2D eigenvalue weighted by Gasteiger charge is 2.14. The number of pyridine rings is 3. The summed E-state index contributed by atoms with van der Waals surface area (Å²) >= 11 is 0. The number of anilines is 1. The molecule has 4 aromatic rings. The predicted molar refractivity (Wildman–Crippen MR) is 139 cm³/mol. The predicted octanol–water partition coefficient (Wildman–Crippen LogP) is 2.55. The second-order valence-electron chi connectivity index (χ2n) is 7.81. The molecule has 1 aromatic carbocycles. The van der Waals surface area contributed by atoms with Crippen molar-refractivity contribution in [3.8, 4) is 28.5 Å². The third kappa shape index (κ3) is 6.02. The van der Waals surface area contributed by atoms with Gasteiger partial charge in [-0.1, -0.05) is 0 Å². The Morgan fingerprint density at radius 1 is 0.944 bits per heavy atom. The Morgan fingerprint density at radius 3 is 2.36 bits per heavy atom. The van der Waals surface area contributed by atoms with E-state index in [9.17, 15) is 8.42 Å². The largest absolute Gasteiger partial charge is 0.493 e. The molecule has 1 atom stereocenters. The molecule has 13 heteroatoms. The van der Waals surface area contributed by atoms with E-state index in [0.29, 0.717) is 45.2 Å². The SMILES string of the molecule is COc1cc2ncc3c(N)nc(-c4cncc(OC[C@@H](N)COS(C)(=O)=O)c4)cc3c2cc1OC.Cl. The molecule has 0 saturated heterocycles. The third-order valence-corrected chi connectivity index (χ3v) is 5.75. The quantitative estimate of drug-likeness (QED) is 0.239. The highest BCUT2D eigenvalue weighted by molar-refractivity contribution is 7.85. The molecule has 192 valence electrons. The number of aromatic nitrogens is 3. The van der Waals surface area contributed by atoms with Gasteiger partial charge in [0.25, 0.3) is 10.1 Å². The normalized spacial score (nSPS) is 12.2. The lowest BCUT2D eigenvalue weighted by atomic mass is 10.0. The van der Waals surface area contributed by atoms with Crippen LogP contribution in [0.2, 0.25) is 0 Å². The molecule has 3 aromatic heterocycles. The molecule has 0 spiro atoms. The van der Waals surface area contributed by atoms with E-state index in [0.717, 1.165) is 17.0 Å². The van der Waals surface area contributed by atoms with E-state index in [-0.39, 0.29) is 25.6 Å². The maximum Gasteiger partial charge on any atom is 0.264 e. The van der Waals surface area contributed by atoms with Gasteiger partial charge in [-0.05, 0) is 23.6 Å². The molecule has 4 N–H and O–H groups in total. The summed E-state index contributed by atoms with van der Waals surface area (Å²) in [5.74, 6) is 1.89. The summed E-state index contributed by atoms with van der Waals surface area (Å²) in [6.45, 7) is -0.157. The molecule has 0 aliphatic carbocycles. The van der Waals surface area contributed by atoms with E-state index in [2.05, 4.69) is 15.0 Å². The molecule has 0 aliphatic rings. The molecule has 4 rings (SSSR count). The summed E-state index contributed by atoms with van der Waals surface area (Å²) in [6, 6.07) is 6.65. The van der Waals surface area contributed by atoms with E-state index in [1.165, 1.54) is 6.20 Å². The Kier molecular flexibility index (Phi) is 8.35. The number of ether oxygens (including phenoxy) is 3. The zero-order valence-electron chi connectivity index (χ0n) is 19.8. The molecule has 0 fully saturated rings. The lowest BCUT2D eigenvalue weighted by Gasteiger charge is -2.14. The second kappa shape index (κ2) is 11.1. The number of hydrogen-bond donors (Lipinski definition) is 2. The number of rotatable bonds is 9. The Hall–Kier alpha value is -3.45. The van der Waals surface area contributed by atoms with Gasteiger partial charge in [-0.3, -0.25) is 14.2 Å². The Labute approximate surface area is 214 Å². The molecule has 36 heavy (non-hydrogen) atoms. The minimum atomic E-state index is -3.58. The number of nitrogens with two attached hydrogens (primary N) is 2. The molecular formula is C23H26ClN5O6S. The van der Waals surface area contributed by atoms with Crippen LogP contribution < -0.4 is 25.7 Å². The van der Waals surface area contributed by atoms with Gasteiger partial charge in [0.2, 0.25) is 0 Å². The van der Waals surface area contributed by atoms with Crippen LogP contribution in [0, 0.1) is 0 Å². The molecule has 0 unspecified atom stereocenters. The summed E-state index contributed by atoms with van der Waals surface area (Å²) in [5, 5.41) is 2.36. The fourth-order valence-electron chi connectivity index (χ4n) is 3.51. The molecule has 3 heterocycles. The maximum absolute atomic E-state index is 11.1. The van der Waals surface area contributed by atoms with Gasteiger partial charge >= 0.3 is 0 Å². The van der Waals surface area contributed by atoms with E-state index >= 15 is 0 Å². The summed E-state index contributed by atoms with van der Waals surface area (Å²) in [5.41, 5.74) is 14.1. The number of nitrogen functional groups attached to an aromatic ring is 1. The molecule has 0 amide bonds. The van der Waals surface area contributed by atoms with Crippen LogP contribution in [0.3, 0.4) is 0 Å². The Bertz CT molecular complexity index is 1500. The van der Waals surface area contributed by atoms with Crippen molar-refractivity contribution in [1.29, 1.82) is 0 Å². The number of hydrogen-bond acceptors (Lipinski definition) is 11. The first-order chi connectivity index (χ1) is 16.7. The van der Waals surface area contributed by atoms with Crippen molar-refractivity contribution in [2.24, 2.45) is 5.73 Å². The minimum Gasteiger partial charge on any atom is -0.493 e. The second-order valence-corrected chi connectivity index (χ2v) is 9.45. The van der Waals surface area contributed by atoms with Crippen LogP contribution in [0.5, 0.6) is 17.2 Å². The fraction of sp³-hybridized carbons (Fsp3) is 0.261. The first-order valence-corrected chi connectivity index (χ1v) is 12.3. The topological polar surface area (TPSA) is 162 Å². The fourth-order valence-corrected chi connectivity index (χ4v) is 3.93. The van der Waals surface area contributed by atoms with Crippen LogP contribution >= 0.6 is 12.4 Å². The van der Waals surface area contributed by atoms with Crippen LogP contribution in [0.1, 0.15) is 0 Å². The van der Waals surface area contributed by atoms with Crippen molar-refractivity contribution in [2.45, 2.75) is 6.04 Å². The molecule has 11 nitrogen and oxygen atoms in total. The molecular weight excluding hydrogens is 510 g/mol. The molecule has 0 aliphatic heterocycles. The van der Waals surface area contributed by atoms with Gasteiger partial charge in [0.1, 0.15) is 18.2 Å². The smallest absolute Gasteiger partial charge is 0.264 e. The average Bonchev–Trinajstić information content (AvgIpc) is 2.84. The Balaban J connectivity index is 0.00000361. The molecule has 0 saturated carbocycles. The summed E-state index contributed by atoms with van der Waals surface area (Å²) in [6.07, 6.45) is 5.80. The Morgan fingerprint density at radius 2 is 1.67 bits per heavy atom. The van der Waals surface area contributed by atoms with Gasteiger partial charge < -0.3 is 25.7 Å². The van der Waals surface area contributed by atoms with E-state index < -0.39 is 16.2 Å². The number of fused-ring (bicyclic) bond motifs is 3. The van der Waals surface area contributed by atoms with E-state index in [1.54, 1.807) is 38.7 Å². The summed E-state index contributed by atoms with van der Waals surface area (Å²) in [7, 11) is -0.441. The van der Waals surface area contributed by atoms with Gasteiger partial charge in [0.15, 0.2) is 11.5 Å². The number of nitrogens with zero attached hydrogens (tertiary/aromatic N) is 3. The number of halogens is 1. The van der Waals surface area contributed by atoms with Gasteiger partial charge in [-0.2, -0.15) is 8.42 Å². The monoisotopic (exact) mass is 535 g/mol. The minimum absolute atomic E-state index is 0. The molecule has 0 radical (unpaired) electrons. The van der Waals surface area contributed by atoms with Gasteiger partial charge in [0, 0.05) is 34.8 Å². The first-order valence-electron chi connectivity index (χ1n) is 10.5. The van der Waals surface area contributed by atoms with Crippen molar-refractivity contribution in [2.75, 3.05) is 39.4 Å². The van der Waals surface area contributed by atoms with Crippen molar-refractivity contribution in [3.63, 3.8) is 0 Å². The van der Waals surface area contributed by atoms with Crippen LogP contribution in [-0.4, -0.2) is 63.1 Å². The van der Waals surface area contributed by atoms with Crippen LogP contribution in [0.4, 0.5) is 5.82 Å². The average molecular weight is 536 g/mol. The maximum atomic E-state index is 11.1. The number of benzene rings is 1. The third-order valence-electron chi connectivity index (χ3n) is 5.18. The lowest BCUT2D eigenvalue weighted by molar-refractivity contribution is 0.224. The van der Waals surface area contributed by atoms with E-state index in [1.807, 2.05) is 12.1 Å². The first kappa shape index (κ1) is 27.1. The van der Waals surface area contributed by atoms with Crippen molar-refractivity contribution < 1.29 is 26.8 Å². The highest BCUT2D eigenvalue weighted by atomic mass is 35.5. The van der Waals surface area contributed by atoms with Crippen molar-refractivity contribution in [1.82, 2.24) is 15.0 Å². The molecule has 0 bridgehead atoms. The zero-order valence-corrected chi connectivity index (χ0v) is 21.4. The van der Waals surface area contributed by atoms with Gasteiger partial charge in [-0.15, -0.1) is 12.4 Å². The summed E-state index contributed by atoms with van der Waals surface area (Å²) < 4.78 is 43.5. The zero-order chi connectivity index (χ0) is 25.2.